The van der Waals surface area contributed by atoms with Gasteiger partial charge in [-0.05, 0) is 24.3 Å². The first-order valence-electron chi connectivity index (χ1n) is 6.20. The summed E-state index contributed by atoms with van der Waals surface area (Å²) in [6, 6.07) is 15.9. The summed E-state index contributed by atoms with van der Waals surface area (Å²) >= 11 is 5.94. The van der Waals surface area contributed by atoms with Crippen molar-refractivity contribution in [3.8, 4) is 22.8 Å². The van der Waals surface area contributed by atoms with Gasteiger partial charge in [0.1, 0.15) is 0 Å². The van der Waals surface area contributed by atoms with Gasteiger partial charge in [-0.25, -0.2) is 9.78 Å². The lowest BCUT2D eigenvalue weighted by Gasteiger charge is -1.98. The first-order valence-corrected chi connectivity index (χ1v) is 6.58. The van der Waals surface area contributed by atoms with Gasteiger partial charge in [0.15, 0.2) is 11.5 Å². The number of carboxylic acid groups (broad SMARTS) is 1. The van der Waals surface area contributed by atoms with Crippen LogP contribution in [0.2, 0.25) is 5.02 Å². The highest BCUT2D eigenvalue weighted by atomic mass is 35.5. The molecule has 2 aromatic carbocycles. The monoisotopic (exact) mass is 299 g/mol. The molecule has 0 aliphatic rings. The Morgan fingerprint density at radius 1 is 1.05 bits per heavy atom. The minimum Gasteiger partial charge on any atom is -0.476 e. The Bertz CT molecular complexity index is 796. The third-order valence-electron chi connectivity index (χ3n) is 2.94. The van der Waals surface area contributed by atoms with Crippen LogP contribution >= 0.6 is 11.6 Å². The predicted molar refractivity (Wildman–Crippen MR) is 79.3 cm³/mol. The minimum absolute atomic E-state index is 0.129. The van der Waals surface area contributed by atoms with Gasteiger partial charge >= 0.3 is 5.97 Å². The number of hydrogen-bond acceptors (Lipinski definition) is 3. The van der Waals surface area contributed by atoms with Gasteiger partial charge in [0.2, 0.25) is 5.89 Å². The molecule has 0 aliphatic heterocycles. The van der Waals surface area contributed by atoms with E-state index in [0.717, 1.165) is 0 Å². The van der Waals surface area contributed by atoms with Gasteiger partial charge in [-0.2, -0.15) is 0 Å². The summed E-state index contributed by atoms with van der Waals surface area (Å²) in [6.45, 7) is 0. The van der Waals surface area contributed by atoms with Crippen molar-refractivity contribution >= 4 is 17.6 Å². The number of benzene rings is 2. The largest absolute Gasteiger partial charge is 0.476 e. The zero-order valence-electron chi connectivity index (χ0n) is 10.8. The van der Waals surface area contributed by atoms with Crippen LogP contribution < -0.4 is 0 Å². The SMILES string of the molecule is O=C(O)c1nc(-c2ccccc2)oc1-c1cccc(Cl)c1. The number of carbonyl (C=O) groups is 1. The second-order valence-corrected chi connectivity index (χ2v) is 4.81. The van der Waals surface area contributed by atoms with Crippen LogP contribution in [0, 0.1) is 0 Å². The van der Waals surface area contributed by atoms with E-state index in [1.807, 2.05) is 18.2 Å². The lowest BCUT2D eigenvalue weighted by molar-refractivity contribution is 0.0691. The van der Waals surface area contributed by atoms with Gasteiger partial charge in [-0.15, -0.1) is 0 Å². The molecule has 0 amide bonds. The first kappa shape index (κ1) is 13.4. The van der Waals surface area contributed by atoms with Crippen molar-refractivity contribution in [3.63, 3.8) is 0 Å². The van der Waals surface area contributed by atoms with Crippen LogP contribution in [0.25, 0.3) is 22.8 Å². The van der Waals surface area contributed by atoms with Gasteiger partial charge in [-0.1, -0.05) is 41.9 Å². The predicted octanol–water partition coefficient (Wildman–Crippen LogP) is 4.36. The lowest BCUT2D eigenvalue weighted by atomic mass is 10.1. The highest BCUT2D eigenvalue weighted by Crippen LogP contribution is 2.31. The van der Waals surface area contributed by atoms with E-state index in [4.69, 9.17) is 16.0 Å². The molecular weight excluding hydrogens is 290 g/mol. The summed E-state index contributed by atoms with van der Waals surface area (Å²) in [4.78, 5) is 15.4. The van der Waals surface area contributed by atoms with Crippen molar-refractivity contribution in [3.05, 3.63) is 65.3 Å². The highest BCUT2D eigenvalue weighted by molar-refractivity contribution is 6.30. The molecular formula is C16H10ClNO3. The topological polar surface area (TPSA) is 63.3 Å². The summed E-state index contributed by atoms with van der Waals surface area (Å²) in [6.07, 6.45) is 0. The molecule has 0 unspecified atom stereocenters. The first-order chi connectivity index (χ1) is 10.1. The molecule has 0 fully saturated rings. The Labute approximate surface area is 125 Å². The average Bonchev–Trinajstić information content (AvgIpc) is 2.93. The quantitative estimate of drug-likeness (QED) is 0.780. The second-order valence-electron chi connectivity index (χ2n) is 4.38. The maximum absolute atomic E-state index is 11.4. The molecule has 4 nitrogen and oxygen atoms in total. The van der Waals surface area contributed by atoms with Crippen LogP contribution in [-0.4, -0.2) is 16.1 Å². The number of rotatable bonds is 3. The Hall–Kier alpha value is -2.59. The van der Waals surface area contributed by atoms with Crippen molar-refractivity contribution in [2.75, 3.05) is 0 Å². The smallest absolute Gasteiger partial charge is 0.358 e. The van der Waals surface area contributed by atoms with Gasteiger partial charge in [0.05, 0.1) is 0 Å². The third kappa shape index (κ3) is 2.66. The number of hydrogen-bond donors (Lipinski definition) is 1. The van der Waals surface area contributed by atoms with Crippen molar-refractivity contribution in [1.82, 2.24) is 4.98 Å². The molecule has 0 aliphatic carbocycles. The van der Waals surface area contributed by atoms with Crippen LogP contribution in [0.5, 0.6) is 0 Å². The Morgan fingerprint density at radius 2 is 1.76 bits per heavy atom. The molecule has 0 bridgehead atoms. The molecule has 1 N–H and O–H groups in total. The maximum Gasteiger partial charge on any atom is 0.358 e. The summed E-state index contributed by atoms with van der Waals surface area (Å²) in [5, 5.41) is 9.80. The highest BCUT2D eigenvalue weighted by Gasteiger charge is 2.21. The fourth-order valence-corrected chi connectivity index (χ4v) is 2.18. The molecule has 5 heteroatoms. The fourth-order valence-electron chi connectivity index (χ4n) is 1.99. The molecule has 3 rings (SSSR count). The van der Waals surface area contributed by atoms with E-state index in [0.29, 0.717) is 16.1 Å². The Morgan fingerprint density at radius 3 is 2.43 bits per heavy atom. The van der Waals surface area contributed by atoms with E-state index in [2.05, 4.69) is 4.98 Å². The third-order valence-corrected chi connectivity index (χ3v) is 3.17. The van der Waals surface area contributed by atoms with E-state index in [9.17, 15) is 9.90 Å². The van der Waals surface area contributed by atoms with Crippen molar-refractivity contribution in [2.45, 2.75) is 0 Å². The van der Waals surface area contributed by atoms with E-state index in [1.165, 1.54) is 0 Å². The summed E-state index contributed by atoms with van der Waals surface area (Å²) < 4.78 is 5.65. The molecule has 21 heavy (non-hydrogen) atoms. The standard InChI is InChI=1S/C16H10ClNO3/c17-12-8-4-7-11(9-12)14-13(16(19)20)18-15(21-14)10-5-2-1-3-6-10/h1-9H,(H,19,20). The molecule has 0 atom stereocenters. The van der Waals surface area contributed by atoms with Crippen molar-refractivity contribution in [1.29, 1.82) is 0 Å². The van der Waals surface area contributed by atoms with Crippen LogP contribution in [0.4, 0.5) is 0 Å². The minimum atomic E-state index is -1.14. The molecule has 1 aromatic heterocycles. The molecule has 104 valence electrons. The molecule has 0 spiro atoms. The van der Waals surface area contributed by atoms with E-state index >= 15 is 0 Å². The van der Waals surface area contributed by atoms with E-state index < -0.39 is 5.97 Å². The number of aromatic carboxylic acids is 1. The van der Waals surface area contributed by atoms with Crippen LogP contribution in [-0.2, 0) is 0 Å². The van der Waals surface area contributed by atoms with Gasteiger partial charge < -0.3 is 9.52 Å². The van der Waals surface area contributed by atoms with Crippen LogP contribution in [0.1, 0.15) is 10.5 Å². The number of carboxylic acids is 1. The lowest BCUT2D eigenvalue weighted by Crippen LogP contribution is -1.98. The Balaban J connectivity index is 2.16. The summed E-state index contributed by atoms with van der Waals surface area (Å²) in [5.74, 6) is -0.678. The van der Waals surface area contributed by atoms with E-state index in [1.54, 1.807) is 36.4 Å². The van der Waals surface area contributed by atoms with Gasteiger partial charge in [0, 0.05) is 16.1 Å². The van der Waals surface area contributed by atoms with Crippen molar-refractivity contribution < 1.29 is 14.3 Å². The second kappa shape index (κ2) is 5.42. The zero-order chi connectivity index (χ0) is 14.8. The number of nitrogens with zero attached hydrogens (tertiary/aromatic N) is 1. The van der Waals surface area contributed by atoms with Gasteiger partial charge in [-0.3, -0.25) is 0 Å². The van der Waals surface area contributed by atoms with Crippen LogP contribution in [0.3, 0.4) is 0 Å². The van der Waals surface area contributed by atoms with E-state index in [-0.39, 0.29) is 17.3 Å². The summed E-state index contributed by atoms with van der Waals surface area (Å²) in [7, 11) is 0. The Kier molecular flexibility index (Phi) is 3.46. The fraction of sp³-hybridized carbons (Fsp3) is 0. The molecule has 3 aromatic rings. The number of oxazole rings is 1. The molecule has 1 heterocycles. The number of aromatic nitrogens is 1. The average molecular weight is 300 g/mol. The van der Waals surface area contributed by atoms with Crippen molar-refractivity contribution in [2.24, 2.45) is 0 Å². The zero-order valence-corrected chi connectivity index (χ0v) is 11.5. The maximum atomic E-state index is 11.4. The molecule has 0 radical (unpaired) electrons. The van der Waals surface area contributed by atoms with Gasteiger partial charge in [0.25, 0.3) is 0 Å². The number of halogens is 1. The normalized spacial score (nSPS) is 10.5. The summed E-state index contributed by atoms with van der Waals surface area (Å²) in [5.41, 5.74) is 1.17. The molecule has 0 saturated carbocycles. The van der Waals surface area contributed by atoms with Crippen LogP contribution in [0.15, 0.2) is 59.0 Å². The molecule has 0 saturated heterocycles.